The van der Waals surface area contributed by atoms with E-state index in [1.54, 1.807) is 11.8 Å². The van der Waals surface area contributed by atoms with Crippen LogP contribution < -0.4 is 16.4 Å². The average Bonchev–Trinajstić information content (AvgIpc) is 3.62. The van der Waals surface area contributed by atoms with Crippen LogP contribution in [0.25, 0.3) is 0 Å². The Morgan fingerprint density at radius 3 is 2.69 bits per heavy atom. The molecule has 12 heteroatoms. The predicted octanol–water partition coefficient (Wildman–Crippen LogP) is 0.0404. The first kappa shape index (κ1) is 26.0. The number of nitrogens with two attached hydrogens (primary N) is 1. The van der Waals surface area contributed by atoms with E-state index in [1.165, 1.54) is 16.7 Å². The van der Waals surface area contributed by atoms with Crippen molar-refractivity contribution in [2.75, 3.05) is 31.3 Å². The number of likely N-dealkylation sites (tertiary alicyclic amines) is 1. The van der Waals surface area contributed by atoms with Crippen molar-refractivity contribution in [3.63, 3.8) is 0 Å². The molecule has 5 rings (SSSR count). The van der Waals surface area contributed by atoms with Crippen molar-refractivity contribution in [3.05, 3.63) is 10.6 Å². The number of aliphatic carboxylic acids is 1. The van der Waals surface area contributed by atoms with Crippen molar-refractivity contribution in [1.82, 2.24) is 20.4 Å². The van der Waals surface area contributed by atoms with Crippen molar-refractivity contribution < 1.29 is 24.3 Å². The summed E-state index contributed by atoms with van der Waals surface area (Å²) in [7, 11) is 0. The second-order valence-corrected chi connectivity index (χ2v) is 13.1. The first-order valence-electron chi connectivity index (χ1n) is 12.8. The largest absolute Gasteiger partial charge is 0.477 e. The first-order chi connectivity index (χ1) is 17.2. The molecule has 5 aliphatic heterocycles. The Morgan fingerprint density at radius 1 is 1.28 bits per heavy atom. The number of hydrogen-bond acceptors (Lipinski definition) is 9. The minimum atomic E-state index is -1.10. The van der Waals surface area contributed by atoms with Crippen LogP contribution in [0.4, 0.5) is 0 Å². The molecule has 10 nitrogen and oxygen atoms in total. The fourth-order valence-electron chi connectivity index (χ4n) is 6.32. The molecule has 0 aromatic carbocycles. The molecule has 4 fully saturated rings. The smallest absolute Gasteiger partial charge is 0.353 e. The second kappa shape index (κ2) is 10.3. The number of nitrogens with zero attached hydrogens (tertiary/aromatic N) is 2. The lowest BCUT2D eigenvalue weighted by Gasteiger charge is -2.47. The van der Waals surface area contributed by atoms with Gasteiger partial charge in [-0.05, 0) is 18.8 Å². The van der Waals surface area contributed by atoms with Crippen LogP contribution >= 0.6 is 23.5 Å². The number of ketones is 1. The number of carbonyl (C=O) groups is 4. The molecule has 0 aromatic heterocycles. The number of thioether (sulfide) groups is 2. The predicted molar refractivity (Wildman–Crippen MR) is 138 cm³/mol. The lowest BCUT2D eigenvalue weighted by molar-refractivity contribution is -0.160. The van der Waals surface area contributed by atoms with Gasteiger partial charge in [0.1, 0.15) is 5.70 Å². The van der Waals surface area contributed by atoms with Crippen LogP contribution in [0.15, 0.2) is 10.6 Å². The van der Waals surface area contributed by atoms with Gasteiger partial charge in [-0.25, -0.2) is 4.79 Å². The minimum absolute atomic E-state index is 0.0316. The van der Waals surface area contributed by atoms with E-state index in [4.69, 9.17) is 5.73 Å². The number of rotatable bonds is 8. The molecule has 8 atom stereocenters. The van der Waals surface area contributed by atoms with E-state index in [1.807, 2.05) is 18.7 Å². The zero-order chi connectivity index (χ0) is 25.7. The summed E-state index contributed by atoms with van der Waals surface area (Å²) in [6.45, 7) is 5.77. The van der Waals surface area contributed by atoms with Gasteiger partial charge in [-0.1, -0.05) is 13.8 Å². The Labute approximate surface area is 219 Å². The van der Waals surface area contributed by atoms with Crippen LogP contribution in [0.3, 0.4) is 0 Å². The number of nitrogens with one attached hydrogen (secondary N) is 2. The Morgan fingerprint density at radius 2 is 2.06 bits per heavy atom. The molecule has 5 heterocycles. The van der Waals surface area contributed by atoms with E-state index < -0.39 is 5.97 Å². The van der Waals surface area contributed by atoms with Gasteiger partial charge in [0, 0.05) is 59.8 Å². The van der Waals surface area contributed by atoms with Gasteiger partial charge in [0.05, 0.1) is 24.0 Å². The highest BCUT2D eigenvalue weighted by molar-refractivity contribution is 8.03. The SMILES string of the molecule is C[C@@H](CC(=O)[C@@H]1CSCN1)[C@H]1C(=O)N2C(C(=O)O)=C(S[C@@H]3CNC(C(=O)N4CC[C@H](N)C4)C3)[C@H](C)[C@H]12. The van der Waals surface area contributed by atoms with E-state index in [-0.39, 0.29) is 70.5 Å². The molecule has 0 aromatic rings. The van der Waals surface area contributed by atoms with Gasteiger partial charge in [-0.3, -0.25) is 19.7 Å². The second-order valence-electron chi connectivity index (χ2n) is 10.7. The lowest BCUT2D eigenvalue weighted by atomic mass is 9.73. The molecule has 0 bridgehead atoms. The Hall–Kier alpha value is -1.60. The van der Waals surface area contributed by atoms with Gasteiger partial charge < -0.3 is 26.0 Å². The van der Waals surface area contributed by atoms with Crippen molar-refractivity contribution in [1.29, 1.82) is 0 Å². The molecule has 0 spiro atoms. The highest BCUT2D eigenvalue weighted by Crippen LogP contribution is 2.53. The van der Waals surface area contributed by atoms with Crippen LogP contribution in [-0.2, 0) is 19.2 Å². The molecule has 0 radical (unpaired) electrons. The summed E-state index contributed by atoms with van der Waals surface area (Å²) < 4.78 is 0. The molecular weight excluding hydrogens is 502 g/mol. The third-order valence-electron chi connectivity index (χ3n) is 8.25. The summed E-state index contributed by atoms with van der Waals surface area (Å²) in [5.74, 6) is -0.235. The zero-order valence-electron chi connectivity index (χ0n) is 20.6. The average molecular weight is 538 g/mol. The number of carboxylic acid groups (broad SMARTS) is 1. The van der Waals surface area contributed by atoms with Crippen LogP contribution in [0.2, 0.25) is 0 Å². The van der Waals surface area contributed by atoms with Gasteiger partial charge in [0.2, 0.25) is 11.8 Å². The van der Waals surface area contributed by atoms with Crippen LogP contribution in [0.1, 0.15) is 33.1 Å². The number of amides is 2. The van der Waals surface area contributed by atoms with Crippen molar-refractivity contribution in [2.24, 2.45) is 23.5 Å². The summed E-state index contributed by atoms with van der Waals surface area (Å²) in [6.07, 6.45) is 1.74. The molecule has 5 N–H and O–H groups in total. The quantitative estimate of drug-likeness (QED) is 0.313. The summed E-state index contributed by atoms with van der Waals surface area (Å²) in [5, 5.41) is 16.6. The highest BCUT2D eigenvalue weighted by atomic mass is 32.2. The third-order valence-corrected chi connectivity index (χ3v) is 10.7. The highest BCUT2D eigenvalue weighted by Gasteiger charge is 2.60. The molecule has 1 unspecified atom stereocenters. The monoisotopic (exact) mass is 537 g/mol. The van der Waals surface area contributed by atoms with E-state index in [0.29, 0.717) is 37.4 Å². The maximum absolute atomic E-state index is 13.2. The van der Waals surface area contributed by atoms with Crippen molar-refractivity contribution >= 4 is 47.1 Å². The summed E-state index contributed by atoms with van der Waals surface area (Å²) in [4.78, 5) is 55.0. The van der Waals surface area contributed by atoms with Gasteiger partial charge in [0.15, 0.2) is 5.78 Å². The fourth-order valence-corrected chi connectivity index (χ4v) is 8.78. The molecule has 36 heavy (non-hydrogen) atoms. The Bertz CT molecular complexity index is 986. The van der Waals surface area contributed by atoms with Gasteiger partial charge in [-0.2, -0.15) is 0 Å². The molecule has 4 saturated heterocycles. The van der Waals surface area contributed by atoms with Gasteiger partial charge >= 0.3 is 5.97 Å². The Balaban J connectivity index is 1.24. The molecule has 2 amide bonds. The molecule has 5 aliphatic rings. The topological polar surface area (TPSA) is 145 Å². The number of hydrogen-bond donors (Lipinski definition) is 4. The molecule has 0 aliphatic carbocycles. The van der Waals surface area contributed by atoms with E-state index in [2.05, 4.69) is 10.6 Å². The van der Waals surface area contributed by atoms with Gasteiger partial charge in [0.25, 0.3) is 0 Å². The molecule has 0 saturated carbocycles. The normalized spacial score (nSPS) is 36.9. The zero-order valence-corrected chi connectivity index (χ0v) is 22.3. The van der Waals surface area contributed by atoms with Crippen LogP contribution in [0, 0.1) is 17.8 Å². The maximum atomic E-state index is 13.2. The Kier molecular flexibility index (Phi) is 7.43. The van der Waals surface area contributed by atoms with Crippen molar-refractivity contribution in [2.45, 2.75) is 62.5 Å². The summed E-state index contributed by atoms with van der Waals surface area (Å²) >= 11 is 3.18. The van der Waals surface area contributed by atoms with E-state index in [9.17, 15) is 24.3 Å². The summed E-state index contributed by atoms with van der Waals surface area (Å²) in [5.41, 5.74) is 6.03. The van der Waals surface area contributed by atoms with E-state index in [0.717, 1.165) is 18.1 Å². The fraction of sp³-hybridized carbons (Fsp3) is 0.750. The number of Topliss-reactive ketones (excluding diaryl/α,β-unsaturated/α-hetero) is 1. The summed E-state index contributed by atoms with van der Waals surface area (Å²) in [6, 6.07) is -0.662. The van der Waals surface area contributed by atoms with Gasteiger partial charge in [-0.15, -0.1) is 23.5 Å². The van der Waals surface area contributed by atoms with E-state index >= 15 is 0 Å². The maximum Gasteiger partial charge on any atom is 0.353 e. The standard InChI is InChI=1S/C24H35N5O5S2/c1-11(5-17(30)16-9-35-10-27-16)18-19-12(2)21(20(24(33)34)29(19)23(18)32)36-14-6-15(26-7-14)22(31)28-4-3-13(25)8-28/h11-16,18-19,26-27H,3-10,25H2,1-2H3,(H,33,34)/t11-,12+,13-,14-,15?,16-,18+,19+/m0/s1. The number of β-lactam (4-membered cyclic amide) rings is 1. The van der Waals surface area contributed by atoms with Crippen LogP contribution in [-0.4, -0.2) is 99.2 Å². The minimum Gasteiger partial charge on any atom is -0.477 e. The number of fused-ring (bicyclic) bond motifs is 1. The third kappa shape index (κ3) is 4.59. The van der Waals surface area contributed by atoms with Crippen LogP contribution in [0.5, 0.6) is 0 Å². The lowest BCUT2D eigenvalue weighted by Crippen LogP contribution is -2.62. The number of carbonyl (C=O) groups excluding carboxylic acids is 3. The molecular formula is C24H35N5O5S2. The number of carboxylic acids is 1. The first-order valence-corrected chi connectivity index (χ1v) is 14.8. The van der Waals surface area contributed by atoms with Crippen molar-refractivity contribution in [3.8, 4) is 0 Å². The molecule has 198 valence electrons.